The van der Waals surface area contributed by atoms with Gasteiger partial charge in [-0.25, -0.2) is 0 Å². The van der Waals surface area contributed by atoms with Crippen LogP contribution in [0.1, 0.15) is 245 Å². The van der Waals surface area contributed by atoms with Crippen molar-refractivity contribution in [1.82, 2.24) is 0 Å². The number of hydrogen-bond acceptors (Lipinski definition) is 2. The van der Waals surface area contributed by atoms with E-state index >= 15 is 0 Å². The third kappa shape index (κ3) is 33.3. The number of aryl methyl sites for hydroxylation is 2. The molecule has 2 nitrogen and oxygen atoms in total. The minimum atomic E-state index is -0.0117. The van der Waals surface area contributed by atoms with Crippen molar-refractivity contribution in [2.75, 3.05) is 0 Å². The zero-order valence-electron chi connectivity index (χ0n) is 38.7. The Balaban J connectivity index is 0.000000560. The van der Waals surface area contributed by atoms with E-state index in [1.54, 1.807) is 0 Å². The Morgan fingerprint density at radius 1 is 0.321 bits per heavy atom. The molecule has 0 spiro atoms. The highest BCUT2D eigenvalue weighted by Crippen LogP contribution is 2.22. The average Bonchev–Trinajstić information content (AvgIpc) is 3.17. The molecule has 0 aromatic heterocycles. The summed E-state index contributed by atoms with van der Waals surface area (Å²) in [6.07, 6.45) is 44.9. The van der Waals surface area contributed by atoms with Crippen LogP contribution >= 0.6 is 0 Å². The molecule has 0 saturated carbocycles. The van der Waals surface area contributed by atoms with Gasteiger partial charge in [0.05, 0.1) is 0 Å². The van der Waals surface area contributed by atoms with Crippen LogP contribution in [0.25, 0.3) is 0 Å². The minimum absolute atomic E-state index is 0.0117. The lowest BCUT2D eigenvalue weighted by molar-refractivity contribution is 0.316. The van der Waals surface area contributed by atoms with Crippen molar-refractivity contribution >= 4 is 0 Å². The molecule has 0 bridgehead atoms. The van der Waals surface area contributed by atoms with E-state index in [0.717, 1.165) is 0 Å². The molecule has 0 fully saturated rings. The van der Waals surface area contributed by atoms with E-state index in [-0.39, 0.29) is 11.1 Å². The Bertz CT molecular complexity index is 978. The largest absolute Gasteiger partial charge is 0.325 e. The molecular formula is C54H98N2. The number of hydrogen-bond donors (Lipinski definition) is 2. The van der Waals surface area contributed by atoms with Crippen LogP contribution in [0.5, 0.6) is 0 Å². The molecule has 2 aromatic carbocycles. The monoisotopic (exact) mass is 775 g/mol. The third-order valence-electron chi connectivity index (χ3n) is 12.9. The van der Waals surface area contributed by atoms with E-state index < -0.39 is 0 Å². The second-order valence-electron chi connectivity index (χ2n) is 19.4. The van der Waals surface area contributed by atoms with Gasteiger partial charge >= 0.3 is 0 Å². The second-order valence-corrected chi connectivity index (χ2v) is 19.4. The summed E-state index contributed by atoms with van der Waals surface area (Å²) >= 11 is 0. The van der Waals surface area contributed by atoms with Gasteiger partial charge in [-0.1, -0.05) is 241 Å². The van der Waals surface area contributed by atoms with Crippen LogP contribution in [0, 0.1) is 11.8 Å². The minimum Gasteiger partial charge on any atom is -0.325 e. The first-order valence-corrected chi connectivity index (χ1v) is 24.7. The lowest BCUT2D eigenvalue weighted by Crippen LogP contribution is -2.39. The Morgan fingerprint density at radius 3 is 0.732 bits per heavy atom. The van der Waals surface area contributed by atoms with E-state index in [1.807, 2.05) is 0 Å². The SMILES string of the molecule is CC(CCCCCCCCCCCCCCCCc1ccccc1)C(C)(C)N.CC(CCCCCCCCCCCCCCCCc1ccccc1)C(C)(C)N. The van der Waals surface area contributed by atoms with Gasteiger partial charge in [0.1, 0.15) is 0 Å². The summed E-state index contributed by atoms with van der Waals surface area (Å²) in [5.74, 6) is 1.27. The van der Waals surface area contributed by atoms with Crippen molar-refractivity contribution in [3.8, 4) is 0 Å². The summed E-state index contributed by atoms with van der Waals surface area (Å²) in [7, 11) is 0. The third-order valence-corrected chi connectivity index (χ3v) is 12.9. The molecule has 0 aliphatic rings. The van der Waals surface area contributed by atoms with Crippen molar-refractivity contribution in [3.05, 3.63) is 71.8 Å². The van der Waals surface area contributed by atoms with Crippen LogP contribution in [-0.2, 0) is 12.8 Å². The first-order valence-electron chi connectivity index (χ1n) is 24.7. The molecule has 2 aromatic rings. The summed E-state index contributed by atoms with van der Waals surface area (Å²) in [6, 6.07) is 21.8. The van der Waals surface area contributed by atoms with Gasteiger partial charge in [0.15, 0.2) is 0 Å². The van der Waals surface area contributed by atoms with Crippen LogP contribution in [0.3, 0.4) is 0 Å². The maximum Gasteiger partial charge on any atom is 0.0123 e. The van der Waals surface area contributed by atoms with Crippen molar-refractivity contribution < 1.29 is 0 Å². The highest BCUT2D eigenvalue weighted by Gasteiger charge is 2.20. The summed E-state index contributed by atoms with van der Waals surface area (Å²) in [4.78, 5) is 0. The molecular weight excluding hydrogens is 677 g/mol. The molecule has 2 heteroatoms. The van der Waals surface area contributed by atoms with Gasteiger partial charge in [-0.2, -0.15) is 0 Å². The van der Waals surface area contributed by atoms with E-state index in [2.05, 4.69) is 102 Å². The van der Waals surface area contributed by atoms with Gasteiger partial charge in [0, 0.05) is 11.1 Å². The van der Waals surface area contributed by atoms with Crippen LogP contribution in [0.15, 0.2) is 60.7 Å². The van der Waals surface area contributed by atoms with E-state index in [4.69, 9.17) is 11.5 Å². The zero-order chi connectivity index (χ0) is 41.0. The van der Waals surface area contributed by atoms with Crippen molar-refractivity contribution in [2.45, 2.75) is 258 Å². The molecule has 2 unspecified atom stereocenters. The molecule has 0 saturated heterocycles. The highest BCUT2D eigenvalue weighted by molar-refractivity contribution is 5.15. The smallest absolute Gasteiger partial charge is 0.0123 e. The first-order chi connectivity index (χ1) is 27.0. The van der Waals surface area contributed by atoms with Crippen molar-refractivity contribution in [1.29, 1.82) is 0 Å². The molecule has 0 aliphatic heterocycles. The van der Waals surface area contributed by atoms with Gasteiger partial charge in [-0.15, -0.1) is 0 Å². The average molecular weight is 775 g/mol. The molecule has 56 heavy (non-hydrogen) atoms. The summed E-state index contributed by atoms with van der Waals surface area (Å²) < 4.78 is 0. The normalized spacial score (nSPS) is 13.0. The molecule has 0 heterocycles. The van der Waals surface area contributed by atoms with Gasteiger partial charge < -0.3 is 11.5 Å². The lowest BCUT2D eigenvalue weighted by Gasteiger charge is -2.27. The van der Waals surface area contributed by atoms with Crippen LogP contribution in [-0.4, -0.2) is 11.1 Å². The number of benzene rings is 2. The van der Waals surface area contributed by atoms with Crippen molar-refractivity contribution in [3.63, 3.8) is 0 Å². The fourth-order valence-electron chi connectivity index (χ4n) is 7.84. The highest BCUT2D eigenvalue weighted by atomic mass is 14.7. The molecule has 2 rings (SSSR count). The maximum atomic E-state index is 6.16. The number of rotatable bonds is 36. The van der Waals surface area contributed by atoms with Crippen molar-refractivity contribution in [2.24, 2.45) is 23.3 Å². The van der Waals surface area contributed by atoms with Crippen LogP contribution in [0.2, 0.25) is 0 Å². The van der Waals surface area contributed by atoms with Gasteiger partial charge in [0.2, 0.25) is 0 Å². The molecule has 0 radical (unpaired) electrons. The topological polar surface area (TPSA) is 52.0 Å². The van der Waals surface area contributed by atoms with Gasteiger partial charge in [0.25, 0.3) is 0 Å². The Hall–Kier alpha value is -1.64. The Kier molecular flexibility index (Phi) is 33.0. The van der Waals surface area contributed by atoms with Crippen LogP contribution in [0.4, 0.5) is 0 Å². The fourth-order valence-corrected chi connectivity index (χ4v) is 7.84. The zero-order valence-corrected chi connectivity index (χ0v) is 38.7. The number of nitrogens with two attached hydrogens (primary N) is 2. The molecule has 324 valence electrons. The quantitative estimate of drug-likeness (QED) is 0.0678. The Labute approximate surface area is 352 Å². The van der Waals surface area contributed by atoms with E-state index in [9.17, 15) is 0 Å². The predicted molar refractivity (Wildman–Crippen MR) is 254 cm³/mol. The second kappa shape index (κ2) is 35.3. The van der Waals surface area contributed by atoms with Gasteiger partial charge in [-0.3, -0.25) is 0 Å². The predicted octanol–water partition coefficient (Wildman–Crippen LogP) is 16.9. The number of unbranched alkanes of at least 4 members (excludes halogenated alkanes) is 26. The van der Waals surface area contributed by atoms with E-state index in [1.165, 1.54) is 217 Å². The molecule has 2 atom stereocenters. The molecule has 0 amide bonds. The molecule has 0 aliphatic carbocycles. The Morgan fingerprint density at radius 2 is 0.518 bits per heavy atom. The fraction of sp³-hybridized carbons (Fsp3) is 0.778. The van der Waals surface area contributed by atoms with Gasteiger partial charge in [-0.05, 0) is 89.2 Å². The van der Waals surface area contributed by atoms with Crippen LogP contribution < -0.4 is 11.5 Å². The van der Waals surface area contributed by atoms with E-state index in [0.29, 0.717) is 11.8 Å². The molecule has 4 N–H and O–H groups in total. The first kappa shape index (κ1) is 52.4. The summed E-state index contributed by atoms with van der Waals surface area (Å²) in [5, 5.41) is 0. The summed E-state index contributed by atoms with van der Waals surface area (Å²) in [5.41, 5.74) is 15.3. The lowest BCUT2D eigenvalue weighted by atomic mass is 9.86. The maximum absolute atomic E-state index is 6.16. The summed E-state index contributed by atoms with van der Waals surface area (Å²) in [6.45, 7) is 13.2. The standard InChI is InChI=1S/2C27H49N/c2*1-25(27(2,3)28)21-17-14-12-10-8-6-4-5-7-9-11-13-15-18-22-26-23-19-16-20-24-26/h2*16,19-20,23-25H,4-15,17-18,21-22,28H2,1-3H3.